The van der Waals surface area contributed by atoms with Gasteiger partial charge in [0.25, 0.3) is 0 Å². The molecule has 0 radical (unpaired) electrons. The topological polar surface area (TPSA) is 175 Å². The first-order valence-electron chi connectivity index (χ1n) is 1.73. The molecule has 0 aromatic heterocycles. The molecule has 0 amide bonds. The Morgan fingerprint density at radius 1 is 0.833 bits per heavy atom. The predicted molar refractivity (Wildman–Crippen MR) is 35.7 cm³/mol. The Hall–Kier alpha value is -0.180. The molecule has 0 aromatic rings. The first-order valence-corrected chi connectivity index (χ1v) is 1.73. The molecular formula is C4H8CaO7. The van der Waals surface area contributed by atoms with Gasteiger partial charge in [-0.2, -0.15) is 0 Å². The SMILES string of the molecule is O.O.O.O=C([O-])C=CC(=O)[O-].[Ca+2]. The van der Waals surface area contributed by atoms with Crippen molar-refractivity contribution in [3.63, 3.8) is 0 Å². The molecule has 0 atom stereocenters. The van der Waals surface area contributed by atoms with Gasteiger partial charge in [-0.25, -0.2) is 0 Å². The quantitative estimate of drug-likeness (QED) is 0.324. The fraction of sp³-hybridized carbons (Fsp3) is 0. The fourth-order valence-electron chi connectivity index (χ4n) is 0.136. The Morgan fingerprint density at radius 2 is 1.00 bits per heavy atom. The van der Waals surface area contributed by atoms with Crippen LogP contribution in [0.3, 0.4) is 0 Å². The third kappa shape index (κ3) is 32.9. The van der Waals surface area contributed by atoms with E-state index < -0.39 is 11.9 Å². The van der Waals surface area contributed by atoms with Crippen LogP contribution in [-0.2, 0) is 9.59 Å². The number of hydrogen-bond acceptors (Lipinski definition) is 4. The van der Waals surface area contributed by atoms with Crippen molar-refractivity contribution in [3.8, 4) is 0 Å². The fourth-order valence-corrected chi connectivity index (χ4v) is 0.136. The Balaban J connectivity index is -0.0000000408. The molecule has 12 heavy (non-hydrogen) atoms. The van der Waals surface area contributed by atoms with Gasteiger partial charge >= 0.3 is 37.7 Å². The van der Waals surface area contributed by atoms with Crippen molar-refractivity contribution in [2.45, 2.75) is 0 Å². The van der Waals surface area contributed by atoms with E-state index in [2.05, 4.69) is 0 Å². The second kappa shape index (κ2) is 17.1. The zero-order valence-corrected chi connectivity index (χ0v) is 8.20. The van der Waals surface area contributed by atoms with E-state index in [0.717, 1.165) is 0 Å². The average molecular weight is 208 g/mol. The smallest absolute Gasteiger partial charge is 0.545 e. The molecule has 6 N–H and O–H groups in total. The first kappa shape index (κ1) is 29.8. The van der Waals surface area contributed by atoms with Crippen LogP contribution in [0.2, 0.25) is 0 Å². The summed E-state index contributed by atoms with van der Waals surface area (Å²) in [6.07, 6.45) is 0.769. The van der Waals surface area contributed by atoms with Gasteiger partial charge in [0.15, 0.2) is 0 Å². The summed E-state index contributed by atoms with van der Waals surface area (Å²) in [5, 5.41) is 18.8. The number of carboxylic acid groups (broad SMARTS) is 2. The van der Waals surface area contributed by atoms with Crippen molar-refractivity contribution in [2.24, 2.45) is 0 Å². The van der Waals surface area contributed by atoms with E-state index >= 15 is 0 Å². The molecule has 7 nitrogen and oxygen atoms in total. The second-order valence-corrected chi connectivity index (χ2v) is 0.971. The molecule has 0 aliphatic carbocycles. The zero-order chi connectivity index (χ0) is 6.57. The minimum atomic E-state index is -1.55. The number of hydrogen-bond donors (Lipinski definition) is 0. The monoisotopic (exact) mass is 208 g/mol. The summed E-state index contributed by atoms with van der Waals surface area (Å²) in [7, 11) is 0. The molecule has 0 heterocycles. The van der Waals surface area contributed by atoms with Gasteiger partial charge in [-0.3, -0.25) is 0 Å². The van der Waals surface area contributed by atoms with E-state index in [1.165, 1.54) is 0 Å². The van der Waals surface area contributed by atoms with Crippen LogP contribution >= 0.6 is 0 Å². The molecule has 0 aromatic carbocycles. The number of aliphatic carboxylic acids is 2. The van der Waals surface area contributed by atoms with Gasteiger partial charge in [-0.15, -0.1) is 0 Å². The zero-order valence-electron chi connectivity index (χ0n) is 5.99. The van der Waals surface area contributed by atoms with E-state index in [4.69, 9.17) is 0 Å². The Kier molecular flexibility index (Phi) is 42.3. The summed E-state index contributed by atoms with van der Waals surface area (Å²) in [4.78, 5) is 18.8. The van der Waals surface area contributed by atoms with E-state index in [1.807, 2.05) is 0 Å². The van der Waals surface area contributed by atoms with Crippen LogP contribution in [0.25, 0.3) is 0 Å². The molecule has 0 rings (SSSR count). The summed E-state index contributed by atoms with van der Waals surface area (Å²) in [6.45, 7) is 0. The molecule has 0 unspecified atom stereocenters. The number of carbonyl (C=O) groups is 2. The summed E-state index contributed by atoms with van der Waals surface area (Å²) < 4.78 is 0. The Labute approximate surface area is 97.6 Å². The van der Waals surface area contributed by atoms with Crippen LogP contribution < -0.4 is 10.2 Å². The molecular weight excluding hydrogens is 200 g/mol. The van der Waals surface area contributed by atoms with Crippen molar-refractivity contribution in [1.82, 2.24) is 0 Å². The summed E-state index contributed by atoms with van der Waals surface area (Å²) >= 11 is 0. The van der Waals surface area contributed by atoms with Crippen molar-refractivity contribution in [1.29, 1.82) is 0 Å². The van der Waals surface area contributed by atoms with E-state index in [-0.39, 0.29) is 54.2 Å². The molecule has 68 valence electrons. The van der Waals surface area contributed by atoms with E-state index in [1.54, 1.807) is 0 Å². The van der Waals surface area contributed by atoms with E-state index in [9.17, 15) is 19.8 Å². The molecule has 0 saturated heterocycles. The number of rotatable bonds is 2. The average Bonchev–Trinajstić information content (AvgIpc) is 1.61. The predicted octanol–water partition coefficient (Wildman–Crippen LogP) is -5.81. The van der Waals surface area contributed by atoms with Gasteiger partial charge in [0.05, 0.1) is 11.9 Å². The standard InChI is InChI=1S/C4H4O4.Ca.3H2O/c5-3(6)1-2-4(7)8;;;;/h1-2H,(H,5,6)(H,7,8);;3*1H2/q;+2;;;/p-2. The minimum absolute atomic E-state index is 0. The molecule has 0 spiro atoms. The maximum Gasteiger partial charge on any atom is 2.00 e. The van der Waals surface area contributed by atoms with Crippen molar-refractivity contribution >= 4 is 49.7 Å². The summed E-state index contributed by atoms with van der Waals surface area (Å²) in [5.41, 5.74) is 0. The molecule has 0 saturated carbocycles. The molecule has 0 fully saturated rings. The second-order valence-electron chi connectivity index (χ2n) is 0.971. The Bertz CT molecular complexity index is 126. The van der Waals surface area contributed by atoms with Gasteiger partial charge in [0, 0.05) is 0 Å². The van der Waals surface area contributed by atoms with Crippen LogP contribution in [-0.4, -0.2) is 66.1 Å². The summed E-state index contributed by atoms with van der Waals surface area (Å²) in [6, 6.07) is 0. The van der Waals surface area contributed by atoms with Gasteiger partial charge in [0.2, 0.25) is 0 Å². The van der Waals surface area contributed by atoms with Gasteiger partial charge < -0.3 is 36.2 Å². The third-order valence-electron chi connectivity index (χ3n) is 0.355. The maximum atomic E-state index is 9.41. The third-order valence-corrected chi connectivity index (χ3v) is 0.355. The molecule has 0 aliphatic rings. The first-order chi connectivity index (χ1) is 3.63. The van der Waals surface area contributed by atoms with Crippen LogP contribution in [0.1, 0.15) is 0 Å². The molecule has 0 aliphatic heterocycles. The van der Waals surface area contributed by atoms with Crippen molar-refractivity contribution in [2.75, 3.05) is 0 Å². The Morgan fingerprint density at radius 3 is 1.08 bits per heavy atom. The normalized spacial score (nSPS) is 6.33. The van der Waals surface area contributed by atoms with Crippen LogP contribution in [0.4, 0.5) is 0 Å². The van der Waals surface area contributed by atoms with Crippen LogP contribution in [0, 0.1) is 0 Å². The van der Waals surface area contributed by atoms with Crippen molar-refractivity contribution in [3.05, 3.63) is 12.2 Å². The molecule has 8 heteroatoms. The summed E-state index contributed by atoms with van der Waals surface area (Å²) in [5.74, 6) is -3.09. The maximum absolute atomic E-state index is 9.41. The van der Waals surface area contributed by atoms with Gasteiger partial charge in [0.1, 0.15) is 0 Å². The minimum Gasteiger partial charge on any atom is -0.545 e. The number of carboxylic acids is 2. The van der Waals surface area contributed by atoms with Crippen molar-refractivity contribution < 1.29 is 36.2 Å². The van der Waals surface area contributed by atoms with Crippen LogP contribution in [0.15, 0.2) is 12.2 Å². The van der Waals surface area contributed by atoms with E-state index in [0.29, 0.717) is 12.2 Å². The molecule has 0 bridgehead atoms. The largest absolute Gasteiger partial charge is 2.00 e. The van der Waals surface area contributed by atoms with Crippen LogP contribution in [0.5, 0.6) is 0 Å². The number of carbonyl (C=O) groups excluding carboxylic acids is 2. The van der Waals surface area contributed by atoms with Gasteiger partial charge in [-0.05, 0) is 12.2 Å². The van der Waals surface area contributed by atoms with Gasteiger partial charge in [-0.1, -0.05) is 0 Å².